The maximum absolute atomic E-state index is 13.2. The summed E-state index contributed by atoms with van der Waals surface area (Å²) < 4.78 is 15.0. The first-order chi connectivity index (χ1) is 11.6. The first-order valence-corrected chi connectivity index (χ1v) is 8.64. The zero-order chi connectivity index (χ0) is 16.7. The molecule has 2 aliphatic rings. The molecule has 0 spiro atoms. The number of halogens is 1. The molecule has 2 saturated carbocycles. The molecule has 2 aliphatic carbocycles. The third-order valence-corrected chi connectivity index (χ3v) is 5.50. The average Bonchev–Trinajstić information content (AvgIpc) is 3.03. The molecular formula is C19H22FN3O. The van der Waals surface area contributed by atoms with Gasteiger partial charge in [0.15, 0.2) is 0 Å². The molecule has 2 atom stereocenters. The molecule has 0 unspecified atom stereocenters. The smallest absolute Gasteiger partial charge is 0.224 e. The molecule has 0 bridgehead atoms. The summed E-state index contributed by atoms with van der Waals surface area (Å²) in [5.41, 5.74) is 1.83. The van der Waals surface area contributed by atoms with Crippen LogP contribution in [-0.2, 0) is 17.4 Å². The number of nitrogens with one attached hydrogen (secondary N) is 1. The summed E-state index contributed by atoms with van der Waals surface area (Å²) >= 11 is 0. The number of carbonyl (C=O) groups is 1. The van der Waals surface area contributed by atoms with Crippen LogP contribution in [0, 0.1) is 11.7 Å². The molecule has 1 N–H and O–H groups in total. The molecule has 0 aliphatic heterocycles. The van der Waals surface area contributed by atoms with E-state index in [1.54, 1.807) is 4.68 Å². The minimum Gasteiger partial charge on any atom is -0.346 e. The third kappa shape index (κ3) is 2.72. The van der Waals surface area contributed by atoms with E-state index in [1.807, 2.05) is 31.6 Å². The Hall–Kier alpha value is -2.17. The van der Waals surface area contributed by atoms with Crippen molar-refractivity contribution in [2.45, 2.75) is 43.6 Å². The lowest BCUT2D eigenvalue weighted by atomic mass is 9.87. The SMILES string of the molecule is Cn1cc([C@H]2C[C@@H]2C(=O)NC2(c3ccc(F)cc3)CCCC2)cn1. The molecule has 0 radical (unpaired) electrons. The van der Waals surface area contributed by atoms with E-state index in [0.717, 1.165) is 43.2 Å². The lowest BCUT2D eigenvalue weighted by Crippen LogP contribution is -2.44. The van der Waals surface area contributed by atoms with Gasteiger partial charge in [-0.2, -0.15) is 5.10 Å². The lowest BCUT2D eigenvalue weighted by molar-refractivity contribution is -0.124. The number of nitrogens with zero attached hydrogens (tertiary/aromatic N) is 2. The molecule has 2 fully saturated rings. The first-order valence-electron chi connectivity index (χ1n) is 8.64. The average molecular weight is 327 g/mol. The Morgan fingerprint density at radius 3 is 2.62 bits per heavy atom. The van der Waals surface area contributed by atoms with Gasteiger partial charge in [-0.05, 0) is 48.4 Å². The van der Waals surface area contributed by atoms with Gasteiger partial charge in [0.25, 0.3) is 0 Å². The molecule has 1 aromatic heterocycles. The van der Waals surface area contributed by atoms with Crippen LogP contribution < -0.4 is 5.32 Å². The van der Waals surface area contributed by atoms with Crippen molar-refractivity contribution in [3.8, 4) is 0 Å². The summed E-state index contributed by atoms with van der Waals surface area (Å²) in [6.45, 7) is 0. The maximum atomic E-state index is 13.2. The molecule has 5 heteroatoms. The minimum absolute atomic E-state index is 0.0344. The van der Waals surface area contributed by atoms with Gasteiger partial charge in [-0.15, -0.1) is 0 Å². The first kappa shape index (κ1) is 15.4. The maximum Gasteiger partial charge on any atom is 0.224 e. The van der Waals surface area contributed by atoms with Gasteiger partial charge in [-0.1, -0.05) is 25.0 Å². The summed E-state index contributed by atoms with van der Waals surface area (Å²) in [5.74, 6) is 0.199. The Kier molecular flexibility index (Phi) is 3.66. The monoisotopic (exact) mass is 327 g/mol. The molecule has 1 amide bonds. The Bertz CT molecular complexity index is 746. The van der Waals surface area contributed by atoms with Crippen molar-refractivity contribution in [1.29, 1.82) is 0 Å². The summed E-state index contributed by atoms with van der Waals surface area (Å²) in [5, 5.41) is 7.50. The third-order valence-electron chi connectivity index (χ3n) is 5.50. The van der Waals surface area contributed by atoms with Crippen molar-refractivity contribution in [2.24, 2.45) is 13.0 Å². The summed E-state index contributed by atoms with van der Waals surface area (Å²) in [7, 11) is 1.89. The van der Waals surface area contributed by atoms with Crippen LogP contribution in [0.4, 0.5) is 4.39 Å². The van der Waals surface area contributed by atoms with E-state index < -0.39 is 0 Å². The number of carbonyl (C=O) groups excluding carboxylic acids is 1. The number of hydrogen-bond donors (Lipinski definition) is 1. The number of benzene rings is 1. The number of hydrogen-bond acceptors (Lipinski definition) is 2. The number of aryl methyl sites for hydroxylation is 1. The zero-order valence-corrected chi connectivity index (χ0v) is 13.8. The molecule has 4 rings (SSSR count). The van der Waals surface area contributed by atoms with Gasteiger partial charge in [-0.3, -0.25) is 9.48 Å². The summed E-state index contributed by atoms with van der Waals surface area (Å²) in [6, 6.07) is 6.59. The molecular weight excluding hydrogens is 305 g/mol. The van der Waals surface area contributed by atoms with Crippen LogP contribution in [0.15, 0.2) is 36.7 Å². The Balaban J connectivity index is 1.50. The van der Waals surface area contributed by atoms with Gasteiger partial charge in [-0.25, -0.2) is 4.39 Å². The van der Waals surface area contributed by atoms with E-state index in [0.29, 0.717) is 0 Å². The topological polar surface area (TPSA) is 46.9 Å². The van der Waals surface area contributed by atoms with E-state index in [1.165, 1.54) is 12.1 Å². The Labute approximate surface area is 141 Å². The Morgan fingerprint density at radius 2 is 2.00 bits per heavy atom. The highest BCUT2D eigenvalue weighted by Gasteiger charge is 2.47. The number of rotatable bonds is 4. The van der Waals surface area contributed by atoms with Crippen LogP contribution in [0.25, 0.3) is 0 Å². The fraction of sp³-hybridized carbons (Fsp3) is 0.474. The van der Waals surface area contributed by atoms with Crippen molar-refractivity contribution in [3.05, 3.63) is 53.6 Å². The summed E-state index contributed by atoms with van der Waals surface area (Å²) in [6.07, 6.45) is 8.76. The van der Waals surface area contributed by atoms with E-state index in [4.69, 9.17) is 0 Å². The second-order valence-electron chi connectivity index (χ2n) is 7.18. The van der Waals surface area contributed by atoms with E-state index >= 15 is 0 Å². The van der Waals surface area contributed by atoms with Gasteiger partial charge >= 0.3 is 0 Å². The second kappa shape index (κ2) is 5.72. The van der Waals surface area contributed by atoms with Crippen molar-refractivity contribution < 1.29 is 9.18 Å². The van der Waals surface area contributed by atoms with Crippen molar-refractivity contribution in [2.75, 3.05) is 0 Å². The van der Waals surface area contributed by atoms with Crippen molar-refractivity contribution >= 4 is 5.91 Å². The van der Waals surface area contributed by atoms with E-state index in [2.05, 4.69) is 10.4 Å². The Morgan fingerprint density at radius 1 is 1.29 bits per heavy atom. The van der Waals surface area contributed by atoms with Crippen LogP contribution in [0.5, 0.6) is 0 Å². The molecule has 1 heterocycles. The fourth-order valence-electron chi connectivity index (χ4n) is 4.05. The second-order valence-corrected chi connectivity index (χ2v) is 7.18. The molecule has 126 valence electrons. The highest BCUT2D eigenvalue weighted by Crippen LogP contribution is 2.48. The minimum atomic E-state index is -0.327. The predicted molar refractivity (Wildman–Crippen MR) is 88.7 cm³/mol. The van der Waals surface area contributed by atoms with Crippen LogP contribution in [0.1, 0.15) is 49.1 Å². The lowest BCUT2D eigenvalue weighted by Gasteiger charge is -2.31. The predicted octanol–water partition coefficient (Wildman–Crippen LogP) is 3.25. The zero-order valence-electron chi connectivity index (χ0n) is 13.8. The fourth-order valence-corrected chi connectivity index (χ4v) is 4.05. The van der Waals surface area contributed by atoms with Crippen LogP contribution in [-0.4, -0.2) is 15.7 Å². The standard InChI is InChI=1S/C19H22FN3O/c1-23-12-13(11-21-23)16-10-17(16)18(24)22-19(8-2-3-9-19)14-4-6-15(20)7-5-14/h4-7,11-12,16-17H,2-3,8-10H2,1H3,(H,22,24)/t16-,17+/m1/s1. The van der Waals surface area contributed by atoms with Crippen molar-refractivity contribution in [1.82, 2.24) is 15.1 Å². The van der Waals surface area contributed by atoms with E-state index in [9.17, 15) is 9.18 Å². The molecule has 4 nitrogen and oxygen atoms in total. The molecule has 0 saturated heterocycles. The van der Waals surface area contributed by atoms with Crippen molar-refractivity contribution in [3.63, 3.8) is 0 Å². The highest BCUT2D eigenvalue weighted by atomic mass is 19.1. The van der Waals surface area contributed by atoms with Gasteiger partial charge in [0.05, 0.1) is 11.7 Å². The van der Waals surface area contributed by atoms with Crippen LogP contribution >= 0.6 is 0 Å². The van der Waals surface area contributed by atoms with Gasteiger partial charge in [0.2, 0.25) is 5.91 Å². The van der Waals surface area contributed by atoms with Crippen LogP contribution in [0.3, 0.4) is 0 Å². The molecule has 1 aromatic carbocycles. The molecule has 2 aromatic rings. The normalized spacial score (nSPS) is 24.8. The number of amides is 1. The number of aromatic nitrogens is 2. The summed E-state index contributed by atoms with van der Waals surface area (Å²) in [4.78, 5) is 12.8. The quantitative estimate of drug-likeness (QED) is 0.937. The van der Waals surface area contributed by atoms with Gasteiger partial charge < -0.3 is 5.32 Å². The van der Waals surface area contributed by atoms with Crippen LogP contribution in [0.2, 0.25) is 0 Å². The van der Waals surface area contributed by atoms with Gasteiger partial charge in [0.1, 0.15) is 5.82 Å². The van der Waals surface area contributed by atoms with E-state index in [-0.39, 0.29) is 29.1 Å². The van der Waals surface area contributed by atoms with Gasteiger partial charge in [0, 0.05) is 19.2 Å². The highest BCUT2D eigenvalue weighted by molar-refractivity contribution is 5.83. The largest absolute Gasteiger partial charge is 0.346 e. The molecule has 24 heavy (non-hydrogen) atoms.